The van der Waals surface area contributed by atoms with Gasteiger partial charge < -0.3 is 9.05 Å². The van der Waals surface area contributed by atoms with Crippen LogP contribution in [-0.4, -0.2) is 18.9 Å². The number of rotatable bonds is 5. The molecule has 0 spiro atoms. The summed E-state index contributed by atoms with van der Waals surface area (Å²) < 4.78 is 48.9. The molecule has 15 heavy (non-hydrogen) atoms. The molecule has 92 valence electrons. The normalized spacial score (nSPS) is 14.3. The van der Waals surface area contributed by atoms with Gasteiger partial charge in [0, 0.05) is 5.41 Å². The van der Waals surface area contributed by atoms with E-state index in [1.807, 2.05) is 0 Å². The topological polar surface area (TPSA) is 35.5 Å². The molecule has 0 aromatic heterocycles. The maximum atomic E-state index is 13.8. The van der Waals surface area contributed by atoms with E-state index in [0.717, 1.165) is 0 Å². The van der Waals surface area contributed by atoms with Crippen molar-refractivity contribution >= 4 is 7.60 Å². The Morgan fingerprint density at radius 3 is 1.60 bits per heavy atom. The molecule has 0 saturated carbocycles. The zero-order valence-electron chi connectivity index (χ0n) is 9.84. The summed E-state index contributed by atoms with van der Waals surface area (Å²) >= 11 is 0. The Morgan fingerprint density at radius 1 is 1.07 bits per heavy atom. The third-order valence-corrected chi connectivity index (χ3v) is 4.40. The van der Waals surface area contributed by atoms with E-state index >= 15 is 0 Å². The van der Waals surface area contributed by atoms with Gasteiger partial charge in [-0.2, -0.15) is 8.78 Å². The molecule has 3 nitrogen and oxygen atoms in total. The molecule has 0 aromatic rings. The van der Waals surface area contributed by atoms with Crippen LogP contribution in [0.3, 0.4) is 0 Å². The van der Waals surface area contributed by atoms with Crippen LogP contribution in [0.15, 0.2) is 0 Å². The fourth-order valence-corrected chi connectivity index (χ4v) is 2.85. The lowest BCUT2D eigenvalue weighted by Gasteiger charge is -2.34. The van der Waals surface area contributed by atoms with Gasteiger partial charge in [0.1, 0.15) is 0 Å². The van der Waals surface area contributed by atoms with Gasteiger partial charge in [-0.15, -0.1) is 0 Å². The van der Waals surface area contributed by atoms with Gasteiger partial charge in [0.15, 0.2) is 0 Å². The van der Waals surface area contributed by atoms with Crippen molar-refractivity contribution in [3.63, 3.8) is 0 Å². The zero-order chi connectivity index (χ0) is 12.3. The number of hydrogen-bond donors (Lipinski definition) is 0. The highest BCUT2D eigenvalue weighted by Gasteiger charge is 2.60. The van der Waals surface area contributed by atoms with Crippen LogP contribution in [0.2, 0.25) is 0 Å². The van der Waals surface area contributed by atoms with Crippen LogP contribution in [0, 0.1) is 5.41 Å². The van der Waals surface area contributed by atoms with Crippen LogP contribution >= 0.6 is 7.60 Å². The summed E-state index contributed by atoms with van der Waals surface area (Å²) in [5.74, 6) is 0. The lowest BCUT2D eigenvalue weighted by Crippen LogP contribution is -2.35. The summed E-state index contributed by atoms with van der Waals surface area (Å²) in [4.78, 5) is 0. The van der Waals surface area contributed by atoms with Crippen molar-refractivity contribution in [2.75, 3.05) is 13.2 Å². The number of halogens is 2. The van der Waals surface area contributed by atoms with Gasteiger partial charge in [0.2, 0.25) is 0 Å². The molecule has 0 fully saturated rings. The second-order valence-corrected chi connectivity index (χ2v) is 6.20. The first kappa shape index (κ1) is 15.0. The second kappa shape index (κ2) is 4.89. The molecule has 0 aliphatic rings. The Labute approximate surface area is 89.7 Å². The van der Waals surface area contributed by atoms with Gasteiger partial charge in [0.25, 0.3) is 0 Å². The van der Waals surface area contributed by atoms with Crippen LogP contribution in [0.4, 0.5) is 8.78 Å². The standard InChI is InChI=1S/C9H19F2O3P/c1-6-13-15(12,14-7-2)9(10,11)8(3,4)5/h6-7H2,1-5H3. The minimum Gasteiger partial charge on any atom is -0.305 e. The Balaban J connectivity index is 5.16. The van der Waals surface area contributed by atoms with E-state index in [0.29, 0.717) is 0 Å². The Morgan fingerprint density at radius 2 is 1.40 bits per heavy atom. The molecule has 0 aliphatic carbocycles. The maximum absolute atomic E-state index is 13.8. The second-order valence-electron chi connectivity index (χ2n) is 4.12. The smallest absolute Gasteiger partial charge is 0.305 e. The Hall–Kier alpha value is 0.01000. The molecule has 6 heteroatoms. The number of hydrogen-bond acceptors (Lipinski definition) is 3. The van der Waals surface area contributed by atoms with E-state index in [9.17, 15) is 13.3 Å². The van der Waals surface area contributed by atoms with Crippen LogP contribution in [0.1, 0.15) is 34.6 Å². The molecular formula is C9H19F2O3P. The minimum absolute atomic E-state index is 0.0665. The molecule has 0 atom stereocenters. The first-order valence-corrected chi connectivity index (χ1v) is 6.43. The third kappa shape index (κ3) is 2.99. The highest BCUT2D eigenvalue weighted by Crippen LogP contribution is 2.67. The van der Waals surface area contributed by atoms with Crippen molar-refractivity contribution in [2.24, 2.45) is 5.41 Å². The van der Waals surface area contributed by atoms with Crippen LogP contribution in [-0.2, 0) is 13.6 Å². The Bertz CT molecular complexity index is 238. The molecule has 0 unspecified atom stereocenters. The van der Waals surface area contributed by atoms with E-state index in [4.69, 9.17) is 0 Å². The SMILES string of the molecule is CCOP(=O)(OCC)C(F)(F)C(C)(C)C. The number of alkyl halides is 2. The molecule has 0 aromatic carbocycles. The maximum Gasteiger partial charge on any atom is 0.400 e. The molecule has 0 saturated heterocycles. The van der Waals surface area contributed by atoms with Crippen molar-refractivity contribution in [2.45, 2.75) is 40.3 Å². The van der Waals surface area contributed by atoms with Gasteiger partial charge in [0.05, 0.1) is 13.2 Å². The molecule has 0 aliphatic heterocycles. The fraction of sp³-hybridized carbons (Fsp3) is 1.00. The highest BCUT2D eigenvalue weighted by molar-refractivity contribution is 7.55. The predicted molar refractivity (Wildman–Crippen MR) is 55.3 cm³/mol. The summed E-state index contributed by atoms with van der Waals surface area (Å²) in [5, 5.41) is 0. The predicted octanol–water partition coefficient (Wildman–Crippen LogP) is 3.89. The lowest BCUT2D eigenvalue weighted by molar-refractivity contribution is -0.0478. The molecule has 0 amide bonds. The summed E-state index contributed by atoms with van der Waals surface area (Å²) in [5.41, 5.74) is -4.96. The van der Waals surface area contributed by atoms with Crippen molar-refractivity contribution in [3.05, 3.63) is 0 Å². The minimum atomic E-state index is -4.38. The molecule has 0 N–H and O–H groups in total. The Kier molecular flexibility index (Phi) is 4.90. The van der Waals surface area contributed by atoms with E-state index in [2.05, 4.69) is 9.05 Å². The van der Waals surface area contributed by atoms with Crippen molar-refractivity contribution < 1.29 is 22.4 Å². The average molecular weight is 244 g/mol. The van der Waals surface area contributed by atoms with Gasteiger partial charge >= 0.3 is 13.3 Å². The summed E-state index contributed by atoms with van der Waals surface area (Å²) in [6, 6.07) is 0. The largest absolute Gasteiger partial charge is 0.400 e. The van der Waals surface area contributed by atoms with Crippen molar-refractivity contribution in [3.8, 4) is 0 Å². The fourth-order valence-electron chi connectivity index (χ4n) is 0.950. The van der Waals surface area contributed by atoms with E-state index in [1.54, 1.807) is 0 Å². The summed E-state index contributed by atoms with van der Waals surface area (Å²) in [6.45, 7) is 6.79. The van der Waals surface area contributed by atoms with Gasteiger partial charge in [-0.1, -0.05) is 20.8 Å². The van der Waals surface area contributed by atoms with Gasteiger partial charge in [-0.05, 0) is 13.8 Å². The van der Waals surface area contributed by atoms with Gasteiger partial charge in [-0.3, -0.25) is 4.57 Å². The van der Waals surface area contributed by atoms with Crippen LogP contribution < -0.4 is 0 Å². The highest BCUT2D eigenvalue weighted by atomic mass is 31.2. The first-order chi connectivity index (χ1) is 6.62. The molecular weight excluding hydrogens is 225 g/mol. The van der Waals surface area contributed by atoms with E-state index in [-0.39, 0.29) is 13.2 Å². The third-order valence-electron chi connectivity index (χ3n) is 1.84. The molecule has 0 rings (SSSR count). The van der Waals surface area contributed by atoms with Gasteiger partial charge in [-0.25, -0.2) is 0 Å². The molecule has 0 bridgehead atoms. The van der Waals surface area contributed by atoms with Crippen LogP contribution in [0.5, 0.6) is 0 Å². The molecule has 0 heterocycles. The first-order valence-electron chi connectivity index (χ1n) is 4.89. The zero-order valence-corrected chi connectivity index (χ0v) is 10.7. The van der Waals surface area contributed by atoms with E-state index < -0.39 is 18.7 Å². The monoisotopic (exact) mass is 244 g/mol. The quantitative estimate of drug-likeness (QED) is 0.688. The van der Waals surface area contributed by atoms with Crippen molar-refractivity contribution in [1.82, 2.24) is 0 Å². The molecule has 0 radical (unpaired) electrons. The van der Waals surface area contributed by atoms with E-state index in [1.165, 1.54) is 34.6 Å². The summed E-state index contributed by atoms with van der Waals surface area (Å²) in [7, 11) is -4.38. The van der Waals surface area contributed by atoms with Crippen LogP contribution in [0.25, 0.3) is 0 Å². The summed E-state index contributed by atoms with van der Waals surface area (Å²) in [6.07, 6.45) is 0. The average Bonchev–Trinajstić information content (AvgIpc) is 2.02. The lowest BCUT2D eigenvalue weighted by atomic mass is 9.97. The van der Waals surface area contributed by atoms with Crippen molar-refractivity contribution in [1.29, 1.82) is 0 Å².